The molecule has 1 aliphatic carbocycles. The number of hydrogen-bond acceptors (Lipinski definition) is 3. The molecule has 0 radical (unpaired) electrons. The Morgan fingerprint density at radius 3 is 2.31 bits per heavy atom. The first kappa shape index (κ1) is 15.7. The quantitative estimate of drug-likeness (QED) is 0.759. The van der Waals surface area contributed by atoms with Crippen molar-refractivity contribution in [2.24, 2.45) is 5.41 Å². The second-order valence-corrected chi connectivity index (χ2v) is 8.27. The maximum absolute atomic E-state index is 13.4. The van der Waals surface area contributed by atoms with Crippen molar-refractivity contribution in [1.29, 1.82) is 0 Å². The first-order valence-electron chi connectivity index (χ1n) is 9.71. The molecular weight excluding hydrogens is 322 g/mol. The van der Waals surface area contributed by atoms with Crippen LogP contribution < -0.4 is 10.6 Å². The number of benzene rings is 2. The molecular formula is C22H25N3O. The van der Waals surface area contributed by atoms with Gasteiger partial charge in [0, 0.05) is 22.8 Å². The Labute approximate surface area is 154 Å². The zero-order valence-electron chi connectivity index (χ0n) is 15.4. The lowest BCUT2D eigenvalue weighted by molar-refractivity contribution is -0.136. The van der Waals surface area contributed by atoms with Crippen LogP contribution in [-0.4, -0.2) is 16.8 Å². The highest BCUT2D eigenvalue weighted by molar-refractivity contribution is 6.06. The molecule has 4 heteroatoms. The van der Waals surface area contributed by atoms with Gasteiger partial charge in [-0.2, -0.15) is 0 Å². The summed E-state index contributed by atoms with van der Waals surface area (Å²) in [5, 5.41) is 9.67. The molecule has 4 nitrogen and oxygen atoms in total. The number of nitrogens with zero attached hydrogens (tertiary/aromatic N) is 1. The normalized spacial score (nSPS) is 22.1. The Kier molecular flexibility index (Phi) is 3.33. The fourth-order valence-corrected chi connectivity index (χ4v) is 4.76. The van der Waals surface area contributed by atoms with Gasteiger partial charge in [0.15, 0.2) is 0 Å². The van der Waals surface area contributed by atoms with E-state index in [1.807, 2.05) is 13.8 Å². The molecule has 2 aliphatic heterocycles. The van der Waals surface area contributed by atoms with E-state index in [0.29, 0.717) is 6.04 Å². The number of rotatable bonds is 1. The van der Waals surface area contributed by atoms with Gasteiger partial charge < -0.3 is 10.6 Å². The average Bonchev–Trinajstić information content (AvgIpc) is 2.77. The van der Waals surface area contributed by atoms with Gasteiger partial charge in [-0.15, -0.1) is 0 Å². The number of anilines is 2. The van der Waals surface area contributed by atoms with Crippen molar-refractivity contribution in [2.45, 2.75) is 52.0 Å². The minimum absolute atomic E-state index is 0.209. The summed E-state index contributed by atoms with van der Waals surface area (Å²) in [5.41, 5.74) is 2.59. The van der Waals surface area contributed by atoms with Crippen molar-refractivity contribution in [3.8, 4) is 0 Å². The highest BCUT2D eigenvalue weighted by Crippen LogP contribution is 2.47. The third kappa shape index (κ3) is 2.11. The van der Waals surface area contributed by atoms with Crippen LogP contribution in [0, 0.1) is 5.41 Å². The smallest absolute Gasteiger partial charge is 0.240 e. The highest BCUT2D eigenvalue weighted by Gasteiger charge is 2.49. The monoisotopic (exact) mass is 347 g/mol. The van der Waals surface area contributed by atoms with Crippen LogP contribution in [0.5, 0.6) is 0 Å². The number of hydrogen-bond donors (Lipinski definition) is 2. The molecule has 1 amide bonds. The molecule has 0 aromatic heterocycles. The van der Waals surface area contributed by atoms with Crippen LogP contribution in [0.2, 0.25) is 0 Å². The second kappa shape index (κ2) is 5.50. The Morgan fingerprint density at radius 1 is 0.962 bits per heavy atom. The summed E-state index contributed by atoms with van der Waals surface area (Å²) in [7, 11) is 0. The molecule has 0 atom stereocenters. The number of amides is 1. The van der Waals surface area contributed by atoms with Gasteiger partial charge >= 0.3 is 0 Å². The molecule has 5 rings (SSSR count). The Hall–Kier alpha value is -2.49. The van der Waals surface area contributed by atoms with E-state index in [1.54, 1.807) is 0 Å². The third-order valence-corrected chi connectivity index (χ3v) is 6.21. The molecule has 2 aromatic carbocycles. The second-order valence-electron chi connectivity index (χ2n) is 8.27. The van der Waals surface area contributed by atoms with E-state index in [2.05, 4.69) is 51.9 Å². The van der Waals surface area contributed by atoms with Crippen LogP contribution in [-0.2, 0) is 4.79 Å². The zero-order chi connectivity index (χ0) is 17.9. The Morgan fingerprint density at radius 2 is 1.62 bits per heavy atom. The first-order chi connectivity index (χ1) is 12.6. The van der Waals surface area contributed by atoms with E-state index in [9.17, 15) is 4.79 Å². The predicted octanol–water partition coefficient (Wildman–Crippen LogP) is 5.05. The summed E-state index contributed by atoms with van der Waals surface area (Å²) in [4.78, 5) is 15.4. The molecule has 2 heterocycles. The summed E-state index contributed by atoms with van der Waals surface area (Å²) in [6.07, 6.45) is 5.89. The highest BCUT2D eigenvalue weighted by atomic mass is 16.2. The predicted molar refractivity (Wildman–Crippen MR) is 106 cm³/mol. The topological polar surface area (TPSA) is 44.4 Å². The van der Waals surface area contributed by atoms with Crippen LogP contribution in [0.25, 0.3) is 10.8 Å². The van der Waals surface area contributed by atoms with Gasteiger partial charge in [-0.25, -0.2) is 0 Å². The molecule has 2 N–H and O–H groups in total. The first-order valence-corrected chi connectivity index (χ1v) is 9.71. The van der Waals surface area contributed by atoms with Crippen molar-refractivity contribution in [1.82, 2.24) is 4.90 Å². The van der Waals surface area contributed by atoms with Crippen LogP contribution in [0.15, 0.2) is 47.9 Å². The van der Waals surface area contributed by atoms with E-state index in [-0.39, 0.29) is 5.91 Å². The molecule has 1 saturated carbocycles. The third-order valence-electron chi connectivity index (χ3n) is 6.21. The van der Waals surface area contributed by atoms with Crippen LogP contribution in [0.4, 0.5) is 11.4 Å². The standard InChI is InChI=1S/C22H25N3O/c1-22(2)19-20(25(21(22)26)15-10-4-3-5-11-15)24-17-13-7-9-14-8-6-12-16(23-19)18(14)17/h6-9,12-13,15,23-24H,3-5,10-11H2,1-2H3. The van der Waals surface area contributed by atoms with E-state index < -0.39 is 5.41 Å². The van der Waals surface area contributed by atoms with Crippen molar-refractivity contribution in [3.63, 3.8) is 0 Å². The van der Waals surface area contributed by atoms with Crippen LogP contribution >= 0.6 is 0 Å². The molecule has 2 aromatic rings. The summed E-state index contributed by atoms with van der Waals surface area (Å²) < 4.78 is 0. The molecule has 0 saturated heterocycles. The molecule has 1 fully saturated rings. The van der Waals surface area contributed by atoms with Crippen LogP contribution in [0.3, 0.4) is 0 Å². The minimum atomic E-state index is -0.552. The molecule has 26 heavy (non-hydrogen) atoms. The van der Waals surface area contributed by atoms with Gasteiger partial charge in [0.1, 0.15) is 5.82 Å². The summed E-state index contributed by atoms with van der Waals surface area (Å²) in [5.74, 6) is 1.16. The van der Waals surface area contributed by atoms with Crippen molar-refractivity contribution in [3.05, 3.63) is 47.9 Å². The van der Waals surface area contributed by atoms with E-state index in [0.717, 1.165) is 35.7 Å². The van der Waals surface area contributed by atoms with E-state index in [4.69, 9.17) is 0 Å². The molecule has 0 bridgehead atoms. The maximum Gasteiger partial charge on any atom is 0.240 e. The number of carbonyl (C=O) groups excluding carboxylic acids is 1. The molecule has 0 unspecified atom stereocenters. The van der Waals surface area contributed by atoms with Crippen molar-refractivity contribution in [2.75, 3.05) is 10.6 Å². The fourth-order valence-electron chi connectivity index (χ4n) is 4.76. The van der Waals surface area contributed by atoms with Crippen LogP contribution in [0.1, 0.15) is 46.0 Å². The lowest BCUT2D eigenvalue weighted by Gasteiger charge is -2.34. The van der Waals surface area contributed by atoms with Crippen molar-refractivity contribution >= 4 is 28.1 Å². The van der Waals surface area contributed by atoms with E-state index in [1.165, 1.54) is 30.0 Å². The Balaban J connectivity index is 1.67. The molecule has 134 valence electrons. The molecule has 0 spiro atoms. The summed E-state index contributed by atoms with van der Waals surface area (Å²) in [6, 6.07) is 12.9. The fraction of sp³-hybridized carbons (Fsp3) is 0.409. The lowest BCUT2D eigenvalue weighted by atomic mass is 9.89. The van der Waals surface area contributed by atoms with Gasteiger partial charge in [0.25, 0.3) is 0 Å². The summed E-state index contributed by atoms with van der Waals surface area (Å²) in [6.45, 7) is 4.08. The largest absolute Gasteiger partial charge is 0.354 e. The van der Waals surface area contributed by atoms with Gasteiger partial charge in [0.05, 0.1) is 11.1 Å². The average molecular weight is 347 g/mol. The minimum Gasteiger partial charge on any atom is -0.354 e. The number of nitrogens with one attached hydrogen (secondary N) is 2. The van der Waals surface area contributed by atoms with Crippen molar-refractivity contribution < 1.29 is 4.79 Å². The number of carbonyl (C=O) groups is 1. The lowest BCUT2D eigenvalue weighted by Crippen LogP contribution is -2.43. The van der Waals surface area contributed by atoms with E-state index >= 15 is 0 Å². The van der Waals surface area contributed by atoms with Gasteiger partial charge in [-0.3, -0.25) is 9.69 Å². The molecule has 3 aliphatic rings. The zero-order valence-corrected chi connectivity index (χ0v) is 15.4. The van der Waals surface area contributed by atoms with Gasteiger partial charge in [0.2, 0.25) is 5.91 Å². The summed E-state index contributed by atoms with van der Waals surface area (Å²) >= 11 is 0. The SMILES string of the molecule is CC1(C)C(=O)N(C2CCCCC2)C2=C1Nc1cccc3cccc(c13)N2. The van der Waals surface area contributed by atoms with Gasteiger partial charge in [-0.1, -0.05) is 43.5 Å². The van der Waals surface area contributed by atoms with Gasteiger partial charge in [-0.05, 0) is 44.2 Å². The maximum atomic E-state index is 13.4. The Bertz CT molecular complexity index is 932.